The van der Waals surface area contributed by atoms with Crippen molar-refractivity contribution < 1.29 is 97.9 Å². The number of aromatic nitrogens is 5. The Bertz CT molecular complexity index is 1660. The maximum absolute atomic E-state index is 12.3. The van der Waals surface area contributed by atoms with Crippen molar-refractivity contribution in [1.82, 2.24) is 24.5 Å². The van der Waals surface area contributed by atoms with Crippen LogP contribution in [0.15, 0.2) is 82.6 Å². The molecule has 1 aliphatic rings. The number of nitrogens with zero attached hydrogens (tertiary/aromatic N) is 4. The molecule has 5 atom stereocenters. The molecule has 43 heavy (non-hydrogen) atoms. The number of hydrogen-bond donors (Lipinski definition) is 3. The molecule has 1 unspecified atom stereocenters. The molecule has 3 N–H and O–H groups in total. The number of aromatic amines is 1. The summed E-state index contributed by atoms with van der Waals surface area (Å²) in [5.74, 6) is -0.875. The molecule has 0 saturated carbocycles. The third-order valence-electron chi connectivity index (χ3n) is 6.24. The van der Waals surface area contributed by atoms with Gasteiger partial charge in [-0.2, -0.15) is 0 Å². The minimum Gasteiger partial charge on any atom is -0.809 e. The van der Waals surface area contributed by atoms with Crippen LogP contribution < -0.4 is 84.9 Å². The summed E-state index contributed by atoms with van der Waals surface area (Å²) in [5.41, 5.74) is -1.17. The van der Waals surface area contributed by atoms with Crippen molar-refractivity contribution in [3.8, 4) is 11.5 Å². The Morgan fingerprint density at radius 3 is 2.44 bits per heavy atom. The molecule has 0 aliphatic carbocycles. The zero-order valence-electron chi connectivity index (χ0n) is 23.1. The maximum Gasteiger partial charge on any atom is 1.00 e. The van der Waals surface area contributed by atoms with E-state index in [0.29, 0.717) is 11.5 Å². The summed E-state index contributed by atoms with van der Waals surface area (Å²) in [6.45, 7) is -0.457. The molecule has 3 heterocycles. The SMILES string of the molecule is O=c1ccn([C@@H]2O[C@H](COCc3cn(C(c4cccc(Oc5ccccc5)c4)P(=O)([O-])[O-])nn3)[C@@H](O)[C@H]2O)c(=O)[nH]1.[Na+].[Na+]. The smallest absolute Gasteiger partial charge is 0.809 e. The molecular formula is C25H24N5Na2O10P. The van der Waals surface area contributed by atoms with Crippen LogP contribution in [0.5, 0.6) is 11.5 Å². The van der Waals surface area contributed by atoms with E-state index in [1.165, 1.54) is 18.3 Å². The molecule has 1 aliphatic heterocycles. The third kappa shape index (κ3) is 8.61. The van der Waals surface area contributed by atoms with Crippen molar-refractivity contribution in [3.05, 3.63) is 105 Å². The van der Waals surface area contributed by atoms with Gasteiger partial charge in [0.05, 0.1) is 19.4 Å². The van der Waals surface area contributed by atoms with E-state index in [-0.39, 0.29) is 83.6 Å². The molecule has 1 fully saturated rings. The molecule has 5 rings (SSSR count). The van der Waals surface area contributed by atoms with Gasteiger partial charge in [0, 0.05) is 12.3 Å². The fourth-order valence-electron chi connectivity index (χ4n) is 4.35. The third-order valence-corrected chi connectivity index (χ3v) is 7.37. The van der Waals surface area contributed by atoms with E-state index in [2.05, 4.69) is 10.3 Å². The summed E-state index contributed by atoms with van der Waals surface area (Å²) in [6, 6.07) is 15.9. The number of ether oxygens (including phenoxy) is 3. The number of rotatable bonds is 10. The zero-order valence-corrected chi connectivity index (χ0v) is 28.0. The number of para-hydroxylation sites is 1. The van der Waals surface area contributed by atoms with E-state index in [4.69, 9.17) is 14.2 Å². The second-order valence-electron chi connectivity index (χ2n) is 9.17. The van der Waals surface area contributed by atoms with Crippen LogP contribution >= 0.6 is 7.60 Å². The van der Waals surface area contributed by atoms with Gasteiger partial charge in [-0.1, -0.05) is 35.5 Å². The first-order valence-electron chi connectivity index (χ1n) is 12.3. The molecule has 2 aromatic heterocycles. The first-order chi connectivity index (χ1) is 19.6. The first-order valence-corrected chi connectivity index (χ1v) is 13.9. The van der Waals surface area contributed by atoms with Crippen LogP contribution in [0.2, 0.25) is 0 Å². The van der Waals surface area contributed by atoms with Crippen molar-refractivity contribution in [2.24, 2.45) is 0 Å². The minimum absolute atomic E-state index is 0. The van der Waals surface area contributed by atoms with Crippen molar-refractivity contribution in [2.45, 2.75) is 36.9 Å². The molecule has 0 amide bonds. The van der Waals surface area contributed by atoms with Crippen LogP contribution in [0.25, 0.3) is 0 Å². The Morgan fingerprint density at radius 1 is 1.02 bits per heavy atom. The van der Waals surface area contributed by atoms with E-state index in [1.807, 2.05) is 11.1 Å². The minimum atomic E-state index is -5.28. The van der Waals surface area contributed by atoms with Crippen LogP contribution in [0.1, 0.15) is 23.3 Å². The molecule has 18 heteroatoms. The van der Waals surface area contributed by atoms with Crippen molar-refractivity contribution in [1.29, 1.82) is 0 Å². The van der Waals surface area contributed by atoms with Gasteiger partial charge < -0.3 is 38.8 Å². The Labute approximate surface area is 288 Å². The number of aliphatic hydroxyl groups excluding tert-OH is 2. The first kappa shape index (κ1) is 35.5. The average molecular weight is 631 g/mol. The predicted octanol–water partition coefficient (Wildman–Crippen LogP) is -6.78. The summed E-state index contributed by atoms with van der Waals surface area (Å²) in [6.07, 6.45) is -2.85. The van der Waals surface area contributed by atoms with Crippen LogP contribution in [0.4, 0.5) is 0 Å². The summed E-state index contributed by atoms with van der Waals surface area (Å²) in [7, 11) is -5.28. The summed E-state index contributed by atoms with van der Waals surface area (Å²) < 4.78 is 30.9. The molecule has 0 radical (unpaired) electrons. The number of hydrogen-bond acceptors (Lipinski definition) is 12. The molecule has 216 valence electrons. The Kier molecular flexibility index (Phi) is 12.7. The van der Waals surface area contributed by atoms with Crippen molar-refractivity contribution in [3.63, 3.8) is 0 Å². The van der Waals surface area contributed by atoms with E-state index in [0.717, 1.165) is 21.5 Å². The predicted molar refractivity (Wildman–Crippen MR) is 136 cm³/mol. The second-order valence-corrected chi connectivity index (χ2v) is 10.7. The Hall–Kier alpha value is -1.95. The maximum atomic E-state index is 12.3. The summed E-state index contributed by atoms with van der Waals surface area (Å²) in [5, 5.41) is 28.4. The Balaban J connectivity index is 0.00000253. The number of nitrogens with one attached hydrogen (secondary N) is 1. The number of benzene rings is 2. The molecule has 15 nitrogen and oxygen atoms in total. The van der Waals surface area contributed by atoms with Crippen LogP contribution in [0, 0.1) is 0 Å². The summed E-state index contributed by atoms with van der Waals surface area (Å²) in [4.78, 5) is 49.9. The van der Waals surface area contributed by atoms with Crippen LogP contribution in [-0.2, 0) is 20.6 Å². The van der Waals surface area contributed by atoms with Gasteiger partial charge in [-0.15, -0.1) is 5.10 Å². The monoisotopic (exact) mass is 631 g/mol. The molecule has 1 saturated heterocycles. The van der Waals surface area contributed by atoms with Gasteiger partial charge in [-0.05, 0) is 37.4 Å². The van der Waals surface area contributed by atoms with Gasteiger partial charge in [0.15, 0.2) is 6.23 Å². The van der Waals surface area contributed by atoms with Crippen LogP contribution in [0.3, 0.4) is 0 Å². The molecule has 0 spiro atoms. The van der Waals surface area contributed by atoms with Crippen molar-refractivity contribution >= 4 is 7.60 Å². The standard InChI is InChI=1S/C25H26N5O10P.2Na/c31-20-9-10-29(25(34)26-20)23-22(33)21(32)19(40-23)14-38-13-16-12-30(28-27-16)24(41(35,36)37)15-5-4-8-18(11-15)39-17-6-2-1-3-7-17;;/h1-12,19,21-24,32-33H,13-14H2,(H,26,31,34)(H2,35,36,37);;/q;2*+1/p-2/t19-,21-,22-,23-,24?;;/m1../s1. The molecular weight excluding hydrogens is 607 g/mol. The fraction of sp³-hybridized carbons (Fsp3) is 0.280. The normalized spacial score (nSPS) is 20.6. The van der Waals surface area contributed by atoms with Gasteiger partial charge in [-0.25, -0.2) is 9.48 Å². The number of H-pyrrole nitrogens is 1. The summed E-state index contributed by atoms with van der Waals surface area (Å²) >= 11 is 0. The molecule has 2 aromatic carbocycles. The largest absolute Gasteiger partial charge is 1.00 e. The van der Waals surface area contributed by atoms with Gasteiger partial charge in [0.25, 0.3) is 5.56 Å². The van der Waals surface area contributed by atoms with Gasteiger partial charge >= 0.3 is 64.8 Å². The molecule has 0 bridgehead atoms. The zero-order chi connectivity index (χ0) is 29.1. The second kappa shape index (κ2) is 15.4. The Morgan fingerprint density at radius 2 is 1.74 bits per heavy atom. The van der Waals surface area contributed by atoms with E-state index >= 15 is 0 Å². The molecule has 4 aromatic rings. The van der Waals surface area contributed by atoms with Gasteiger partial charge in [0.2, 0.25) is 0 Å². The van der Waals surface area contributed by atoms with Crippen LogP contribution in [-0.4, -0.2) is 59.7 Å². The number of aliphatic hydroxyl groups is 2. The topological polar surface area (TPSA) is 217 Å². The van der Waals surface area contributed by atoms with E-state index in [1.54, 1.807) is 36.4 Å². The quantitative estimate of drug-likeness (QED) is 0.110. The van der Waals surface area contributed by atoms with E-state index in [9.17, 15) is 34.2 Å². The average Bonchev–Trinajstić information content (AvgIpc) is 3.49. The fourth-order valence-corrected chi connectivity index (χ4v) is 5.27. The van der Waals surface area contributed by atoms with Crippen molar-refractivity contribution in [2.75, 3.05) is 6.61 Å². The van der Waals surface area contributed by atoms with E-state index < -0.39 is 49.2 Å². The van der Waals surface area contributed by atoms with Gasteiger partial charge in [0.1, 0.15) is 41.3 Å². The van der Waals surface area contributed by atoms with Gasteiger partial charge in [-0.3, -0.25) is 14.3 Å².